The summed E-state index contributed by atoms with van der Waals surface area (Å²) in [5, 5.41) is 2.38. The molecule has 15 heteroatoms. The van der Waals surface area contributed by atoms with Crippen LogP contribution < -0.4 is 11.1 Å². The van der Waals surface area contributed by atoms with Gasteiger partial charge in [0, 0.05) is 22.8 Å². The molecule has 3 N–H and O–H groups in total. The molecule has 0 aromatic carbocycles. The van der Waals surface area contributed by atoms with E-state index in [1.54, 1.807) is 20.2 Å². The minimum atomic E-state index is -2.36. The number of carbonyl (C=O) groups excluding carboxylic acids is 2. The van der Waals surface area contributed by atoms with Crippen LogP contribution in [-0.4, -0.2) is 69.5 Å². The van der Waals surface area contributed by atoms with Crippen molar-refractivity contribution in [1.82, 2.24) is 24.8 Å². The molecule has 2 aromatic rings. The van der Waals surface area contributed by atoms with Crippen LogP contribution in [0.1, 0.15) is 33.4 Å². The van der Waals surface area contributed by atoms with Gasteiger partial charge in [-0.25, -0.2) is 19.7 Å². The number of aromatic nitrogens is 4. The monoisotopic (exact) mass is 529 g/mol. The van der Waals surface area contributed by atoms with E-state index in [-0.39, 0.29) is 43.1 Å². The molecule has 3 heterocycles. The summed E-state index contributed by atoms with van der Waals surface area (Å²) in [6, 6.07) is 0. The van der Waals surface area contributed by atoms with Gasteiger partial charge in [-0.2, -0.15) is 0 Å². The summed E-state index contributed by atoms with van der Waals surface area (Å²) >= 11 is 1.04. The lowest BCUT2D eigenvalue weighted by molar-refractivity contribution is -0.117. The first-order valence-electron chi connectivity index (χ1n) is 10.9. The Morgan fingerprint density at radius 2 is 2.11 bits per heavy atom. The highest BCUT2D eigenvalue weighted by molar-refractivity contribution is 8.13. The zero-order chi connectivity index (χ0) is 25.6. The normalized spacial score (nSPS) is 20.7. The van der Waals surface area contributed by atoms with E-state index in [4.69, 9.17) is 19.5 Å². The second kappa shape index (κ2) is 12.0. The number of nitrogen functional groups attached to an aromatic ring is 1. The number of thioether (sulfide) groups is 1. The number of imidazole rings is 1. The molecule has 1 fully saturated rings. The fraction of sp³-hybridized carbons (Fsp3) is 0.650. The van der Waals surface area contributed by atoms with Crippen LogP contribution in [-0.2, 0) is 27.9 Å². The van der Waals surface area contributed by atoms with Gasteiger partial charge in [0.15, 0.2) is 16.6 Å². The molecule has 0 radical (unpaired) electrons. The number of nitrogens with one attached hydrogen (secondary N) is 1. The smallest absolute Gasteiger partial charge is 0.453 e. The molecule has 3 rings (SSSR count). The number of rotatable bonds is 11. The molecule has 1 amide bonds. The Bertz CT molecular complexity index is 1070. The maximum Gasteiger partial charge on any atom is 0.697 e. The molecule has 0 spiro atoms. The molecule has 4 atom stereocenters. The van der Waals surface area contributed by atoms with Crippen LogP contribution in [0.3, 0.4) is 0 Å². The predicted octanol–water partition coefficient (Wildman–Crippen LogP) is 2.66. The van der Waals surface area contributed by atoms with Crippen LogP contribution in [0.15, 0.2) is 12.7 Å². The van der Waals surface area contributed by atoms with Crippen molar-refractivity contribution in [2.24, 2.45) is 11.3 Å². The summed E-state index contributed by atoms with van der Waals surface area (Å²) < 4.78 is 35.0. The number of ether oxygens (including phenoxy) is 2. The van der Waals surface area contributed by atoms with Gasteiger partial charge in [-0.05, 0) is 6.42 Å². The van der Waals surface area contributed by atoms with E-state index in [9.17, 15) is 14.2 Å². The van der Waals surface area contributed by atoms with E-state index in [1.807, 2.05) is 11.5 Å². The quantitative estimate of drug-likeness (QED) is 0.323. The lowest BCUT2D eigenvalue weighted by Crippen LogP contribution is -2.38. The third-order valence-electron chi connectivity index (χ3n) is 5.41. The van der Waals surface area contributed by atoms with Crippen LogP contribution in [0, 0.1) is 11.3 Å². The van der Waals surface area contributed by atoms with Crippen LogP contribution in [0.4, 0.5) is 10.6 Å². The zero-order valence-electron chi connectivity index (χ0n) is 20.0. The van der Waals surface area contributed by atoms with E-state index in [0.717, 1.165) is 11.8 Å². The topological polar surface area (TPSA) is 170 Å². The van der Waals surface area contributed by atoms with Crippen molar-refractivity contribution >= 4 is 48.2 Å². The van der Waals surface area contributed by atoms with E-state index < -0.39 is 19.8 Å². The summed E-state index contributed by atoms with van der Waals surface area (Å²) in [5.74, 6) is 0.730. The first-order valence-corrected chi connectivity index (χ1v) is 13.0. The van der Waals surface area contributed by atoms with Gasteiger partial charge in [-0.3, -0.25) is 9.36 Å². The van der Waals surface area contributed by atoms with Gasteiger partial charge in [0.2, 0.25) is 0 Å². The van der Waals surface area contributed by atoms with Crippen molar-refractivity contribution in [2.45, 2.75) is 39.5 Å². The number of amides is 1. The van der Waals surface area contributed by atoms with Gasteiger partial charge < -0.3 is 20.5 Å². The highest BCUT2D eigenvalue weighted by atomic mass is 32.2. The molecule has 1 aliphatic rings. The van der Waals surface area contributed by atoms with E-state index in [2.05, 4.69) is 25.0 Å². The minimum Gasteiger partial charge on any atom is -0.453 e. The Balaban J connectivity index is 1.37. The van der Waals surface area contributed by atoms with Crippen molar-refractivity contribution in [3.63, 3.8) is 0 Å². The van der Waals surface area contributed by atoms with Crippen LogP contribution >= 0.6 is 20.0 Å². The standard InChI is InChI=1S/C20H29N6O7PS/c1-12-7-13(33-17(12)26-11-25-14-15(21)23-10-24-16(14)26)8-32-34(29)31-5-6-35-18(27)20(2,3)9-22-19(28)30-4/h10-13,17H,5-9H2,1-4H3,(H2-,21,22,23,24,28)/p+1. The van der Waals surface area contributed by atoms with Gasteiger partial charge >= 0.3 is 14.3 Å². The van der Waals surface area contributed by atoms with Gasteiger partial charge in [0.05, 0.1) is 25.0 Å². The Labute approximate surface area is 207 Å². The number of hydrogen-bond donors (Lipinski definition) is 2. The summed E-state index contributed by atoms with van der Waals surface area (Å²) in [5.41, 5.74) is 6.16. The molecule has 35 heavy (non-hydrogen) atoms. The number of nitrogens with zero attached hydrogens (tertiary/aromatic N) is 4. The summed E-state index contributed by atoms with van der Waals surface area (Å²) in [4.78, 5) is 36.0. The van der Waals surface area contributed by atoms with Gasteiger partial charge in [0.1, 0.15) is 31.3 Å². The maximum absolute atomic E-state index is 12.3. The Morgan fingerprint density at radius 3 is 2.86 bits per heavy atom. The van der Waals surface area contributed by atoms with E-state index >= 15 is 0 Å². The number of fused-ring (bicyclic) bond motifs is 1. The lowest BCUT2D eigenvalue weighted by atomic mass is 9.96. The molecule has 0 bridgehead atoms. The average molecular weight is 530 g/mol. The molecule has 4 unspecified atom stereocenters. The fourth-order valence-electron chi connectivity index (χ4n) is 3.48. The molecular weight excluding hydrogens is 499 g/mol. The molecule has 1 saturated heterocycles. The van der Waals surface area contributed by atoms with Gasteiger partial charge in [-0.15, -0.1) is 9.05 Å². The second-order valence-electron chi connectivity index (χ2n) is 8.66. The molecule has 0 aliphatic carbocycles. The third kappa shape index (κ3) is 7.07. The lowest BCUT2D eigenvalue weighted by Gasteiger charge is -2.22. The van der Waals surface area contributed by atoms with Crippen molar-refractivity contribution in [1.29, 1.82) is 0 Å². The fourth-order valence-corrected chi connectivity index (χ4v) is 5.02. The number of hydrogen-bond acceptors (Lipinski definition) is 12. The number of alkyl carbamates (subject to hydrolysis) is 1. The SMILES string of the molecule is COC(=O)NCC(C)(C)C(=O)SCCO[P+](=O)OCC1CC(C)C(n2cnc3c(N)ncnc32)O1. The second-order valence-corrected chi connectivity index (χ2v) is 10.7. The molecule has 192 valence electrons. The Kier molecular flexibility index (Phi) is 9.36. The predicted molar refractivity (Wildman–Crippen MR) is 129 cm³/mol. The van der Waals surface area contributed by atoms with Crippen molar-refractivity contribution in [3.8, 4) is 0 Å². The first kappa shape index (κ1) is 27.2. The van der Waals surface area contributed by atoms with Crippen molar-refractivity contribution < 1.29 is 32.7 Å². The summed E-state index contributed by atoms with van der Waals surface area (Å²) in [7, 11) is -1.11. The number of methoxy groups -OCH3 is 1. The summed E-state index contributed by atoms with van der Waals surface area (Å²) in [6.07, 6.45) is 2.49. The molecule has 2 aromatic heterocycles. The van der Waals surface area contributed by atoms with Gasteiger partial charge in [0.25, 0.3) is 0 Å². The summed E-state index contributed by atoms with van der Waals surface area (Å²) in [6.45, 7) is 5.77. The van der Waals surface area contributed by atoms with Crippen molar-refractivity contribution in [3.05, 3.63) is 12.7 Å². The number of nitrogens with two attached hydrogens (primary N) is 1. The zero-order valence-corrected chi connectivity index (χ0v) is 21.7. The molecular formula is C20H30N6O7PS+. The van der Waals surface area contributed by atoms with E-state index in [1.165, 1.54) is 13.4 Å². The maximum atomic E-state index is 12.3. The van der Waals surface area contributed by atoms with Crippen molar-refractivity contribution in [2.75, 3.05) is 38.4 Å². The number of carbonyl (C=O) groups is 2. The highest BCUT2D eigenvalue weighted by Gasteiger charge is 2.37. The van der Waals surface area contributed by atoms with E-state index in [0.29, 0.717) is 29.2 Å². The third-order valence-corrected chi connectivity index (χ3v) is 7.35. The minimum absolute atomic E-state index is 0.0683. The molecule has 0 saturated carbocycles. The van der Waals surface area contributed by atoms with Crippen LogP contribution in [0.2, 0.25) is 0 Å². The number of anilines is 1. The average Bonchev–Trinajstić information content (AvgIpc) is 3.42. The Morgan fingerprint density at radius 1 is 1.34 bits per heavy atom. The highest BCUT2D eigenvalue weighted by Crippen LogP contribution is 2.37. The molecule has 13 nitrogen and oxygen atoms in total. The Hall–Kier alpha value is -2.38. The molecule has 1 aliphatic heterocycles. The van der Waals surface area contributed by atoms with Gasteiger partial charge in [-0.1, -0.05) is 32.5 Å². The first-order chi connectivity index (χ1) is 16.6. The van der Waals surface area contributed by atoms with Crippen LogP contribution in [0.5, 0.6) is 0 Å². The largest absolute Gasteiger partial charge is 0.697 e. The van der Waals surface area contributed by atoms with Crippen LogP contribution in [0.25, 0.3) is 11.2 Å².